The van der Waals surface area contributed by atoms with E-state index in [0.29, 0.717) is 22.4 Å². The van der Waals surface area contributed by atoms with Crippen molar-refractivity contribution < 1.29 is 9.59 Å². The molecule has 0 aliphatic heterocycles. The molecule has 0 unspecified atom stereocenters. The van der Waals surface area contributed by atoms with Crippen molar-refractivity contribution in [3.63, 3.8) is 0 Å². The highest BCUT2D eigenvalue weighted by molar-refractivity contribution is 6.42. The third-order valence-corrected chi connectivity index (χ3v) is 4.64. The Morgan fingerprint density at radius 2 is 1.96 bits per heavy atom. The summed E-state index contributed by atoms with van der Waals surface area (Å²) in [5.41, 5.74) is 6.51. The van der Waals surface area contributed by atoms with Crippen LogP contribution in [0.5, 0.6) is 0 Å². The molecule has 10 heteroatoms. The number of carbonyl (C=O) groups excluding carboxylic acids is 2. The molecule has 7 nitrogen and oxygen atoms in total. The van der Waals surface area contributed by atoms with Gasteiger partial charge in [-0.05, 0) is 17.5 Å². The van der Waals surface area contributed by atoms with Gasteiger partial charge in [0.1, 0.15) is 5.82 Å². The molecule has 0 aliphatic rings. The molecule has 0 bridgehead atoms. The fraction of sp³-hybridized carbons (Fsp3) is 0.353. The molecule has 0 spiro atoms. The minimum atomic E-state index is -0.654. The number of nitrogens with zero attached hydrogens (tertiary/aromatic N) is 2. The van der Waals surface area contributed by atoms with E-state index in [1.54, 1.807) is 29.1 Å². The Balaban J connectivity index is 0.00000364. The Hall–Kier alpha value is -1.80. The van der Waals surface area contributed by atoms with Crippen LogP contribution in [0.3, 0.4) is 0 Å². The maximum absolute atomic E-state index is 12.1. The lowest BCUT2D eigenvalue weighted by Gasteiger charge is -2.15. The lowest BCUT2D eigenvalue weighted by atomic mass is 10.1. The van der Waals surface area contributed by atoms with Crippen LogP contribution in [0.4, 0.5) is 5.82 Å². The molecule has 0 radical (unpaired) electrons. The van der Waals surface area contributed by atoms with Crippen LogP contribution in [-0.4, -0.2) is 34.2 Å². The van der Waals surface area contributed by atoms with Crippen LogP contribution in [0.2, 0.25) is 10.0 Å². The molecule has 148 valence electrons. The quantitative estimate of drug-likeness (QED) is 0.623. The number of anilines is 1. The average molecular weight is 435 g/mol. The summed E-state index contributed by atoms with van der Waals surface area (Å²) in [4.78, 5) is 23.9. The molecule has 0 saturated carbocycles. The van der Waals surface area contributed by atoms with Crippen LogP contribution in [0.15, 0.2) is 30.5 Å². The predicted molar refractivity (Wildman–Crippen MR) is 109 cm³/mol. The van der Waals surface area contributed by atoms with E-state index in [0.717, 1.165) is 5.56 Å². The van der Waals surface area contributed by atoms with E-state index in [9.17, 15) is 9.59 Å². The zero-order valence-corrected chi connectivity index (χ0v) is 17.2. The molecule has 0 fully saturated rings. The summed E-state index contributed by atoms with van der Waals surface area (Å²) in [5, 5.41) is 10.3. The Morgan fingerprint density at radius 3 is 2.63 bits per heavy atom. The van der Waals surface area contributed by atoms with Crippen LogP contribution in [-0.2, 0) is 16.1 Å². The van der Waals surface area contributed by atoms with Crippen molar-refractivity contribution in [2.24, 2.45) is 11.7 Å². The molecule has 0 aliphatic carbocycles. The zero-order valence-electron chi connectivity index (χ0n) is 14.9. The minimum absolute atomic E-state index is 0. The number of amides is 2. The largest absolute Gasteiger partial charge is 0.346 e. The number of rotatable bonds is 7. The summed E-state index contributed by atoms with van der Waals surface area (Å²) >= 11 is 12.2. The Kier molecular flexibility index (Phi) is 9.05. The second-order valence-corrected chi connectivity index (χ2v) is 6.91. The predicted octanol–water partition coefficient (Wildman–Crippen LogP) is 2.70. The molecule has 1 aromatic heterocycles. The molecule has 2 rings (SSSR count). The van der Waals surface area contributed by atoms with Gasteiger partial charge in [-0.1, -0.05) is 49.2 Å². The van der Waals surface area contributed by atoms with Crippen molar-refractivity contribution in [2.75, 3.05) is 11.9 Å². The van der Waals surface area contributed by atoms with Crippen molar-refractivity contribution in [1.82, 2.24) is 15.1 Å². The summed E-state index contributed by atoms with van der Waals surface area (Å²) in [7, 11) is 0. The lowest BCUT2D eigenvalue weighted by molar-refractivity contribution is -0.125. The van der Waals surface area contributed by atoms with Crippen molar-refractivity contribution >= 4 is 53.2 Å². The van der Waals surface area contributed by atoms with Crippen LogP contribution in [0.25, 0.3) is 0 Å². The summed E-state index contributed by atoms with van der Waals surface area (Å²) in [6.45, 7) is 3.84. The molecular formula is C17H22Cl3N5O2. The summed E-state index contributed by atoms with van der Waals surface area (Å²) in [6.07, 6.45) is 1.56. The van der Waals surface area contributed by atoms with Gasteiger partial charge in [0.15, 0.2) is 0 Å². The normalized spacial score (nSPS) is 11.6. The SMILES string of the molecule is CC(C)[C@H](N)C(=O)NCC(=O)Nc1ccnn1Cc1cccc(Cl)c1Cl.Cl. The molecule has 1 atom stereocenters. The van der Waals surface area contributed by atoms with E-state index in [4.69, 9.17) is 28.9 Å². The first kappa shape index (κ1) is 23.2. The number of hydrogen-bond acceptors (Lipinski definition) is 4. The molecule has 0 saturated heterocycles. The number of aromatic nitrogens is 2. The zero-order chi connectivity index (χ0) is 19.3. The Morgan fingerprint density at radius 1 is 1.26 bits per heavy atom. The third kappa shape index (κ3) is 6.39. The van der Waals surface area contributed by atoms with Crippen LogP contribution in [0, 0.1) is 5.92 Å². The van der Waals surface area contributed by atoms with Crippen molar-refractivity contribution in [3.8, 4) is 0 Å². The molecule has 4 N–H and O–H groups in total. The first-order valence-corrected chi connectivity index (χ1v) is 8.83. The number of hydrogen-bond donors (Lipinski definition) is 3. The van der Waals surface area contributed by atoms with E-state index >= 15 is 0 Å². The Labute approximate surface area is 174 Å². The van der Waals surface area contributed by atoms with Gasteiger partial charge in [-0.3, -0.25) is 9.59 Å². The van der Waals surface area contributed by atoms with Crippen molar-refractivity contribution in [1.29, 1.82) is 0 Å². The maximum atomic E-state index is 12.1. The minimum Gasteiger partial charge on any atom is -0.346 e. The topological polar surface area (TPSA) is 102 Å². The summed E-state index contributed by atoms with van der Waals surface area (Å²) < 4.78 is 1.58. The van der Waals surface area contributed by atoms with Gasteiger partial charge < -0.3 is 16.4 Å². The van der Waals surface area contributed by atoms with Gasteiger partial charge in [0.25, 0.3) is 0 Å². The van der Waals surface area contributed by atoms with E-state index in [2.05, 4.69) is 15.7 Å². The molecular weight excluding hydrogens is 413 g/mol. The second-order valence-electron chi connectivity index (χ2n) is 6.12. The number of halogens is 3. The van der Waals surface area contributed by atoms with Crippen LogP contribution < -0.4 is 16.4 Å². The first-order chi connectivity index (χ1) is 12.3. The van der Waals surface area contributed by atoms with E-state index < -0.39 is 6.04 Å². The standard InChI is InChI=1S/C17H21Cl2N5O2.ClH/c1-10(2)16(20)17(26)21-8-14(25)23-13-6-7-22-24(13)9-11-4-3-5-12(18)15(11)19;/h3-7,10,16H,8-9,20H2,1-2H3,(H,21,26)(H,23,25);1H/t16-;/m0./s1. The van der Waals surface area contributed by atoms with E-state index in [1.165, 1.54) is 0 Å². The van der Waals surface area contributed by atoms with Gasteiger partial charge in [-0.2, -0.15) is 5.10 Å². The number of carbonyl (C=O) groups is 2. The monoisotopic (exact) mass is 433 g/mol. The highest BCUT2D eigenvalue weighted by Gasteiger charge is 2.18. The van der Waals surface area contributed by atoms with Gasteiger partial charge >= 0.3 is 0 Å². The summed E-state index contributed by atoms with van der Waals surface area (Å²) in [6, 6.07) is 6.31. The van der Waals surface area contributed by atoms with Gasteiger partial charge in [-0.15, -0.1) is 12.4 Å². The highest BCUT2D eigenvalue weighted by atomic mass is 35.5. The second kappa shape index (κ2) is 10.5. The maximum Gasteiger partial charge on any atom is 0.244 e. The highest BCUT2D eigenvalue weighted by Crippen LogP contribution is 2.26. The van der Waals surface area contributed by atoms with E-state index in [1.807, 2.05) is 19.9 Å². The molecule has 1 heterocycles. The van der Waals surface area contributed by atoms with Gasteiger partial charge in [0.2, 0.25) is 11.8 Å². The Bertz CT molecular complexity index is 795. The van der Waals surface area contributed by atoms with Gasteiger partial charge in [-0.25, -0.2) is 4.68 Å². The van der Waals surface area contributed by atoms with E-state index in [-0.39, 0.29) is 36.7 Å². The molecule has 1 aromatic carbocycles. The van der Waals surface area contributed by atoms with Crippen LogP contribution >= 0.6 is 35.6 Å². The first-order valence-electron chi connectivity index (χ1n) is 8.07. The average Bonchev–Trinajstić information content (AvgIpc) is 3.02. The number of benzene rings is 1. The number of nitrogens with two attached hydrogens (primary N) is 1. The van der Waals surface area contributed by atoms with Gasteiger partial charge in [0, 0.05) is 6.07 Å². The lowest BCUT2D eigenvalue weighted by Crippen LogP contribution is -2.46. The van der Waals surface area contributed by atoms with Crippen LogP contribution in [0.1, 0.15) is 19.4 Å². The summed E-state index contributed by atoms with van der Waals surface area (Å²) in [5.74, 6) is -0.280. The fourth-order valence-corrected chi connectivity index (χ4v) is 2.55. The van der Waals surface area contributed by atoms with Gasteiger partial charge in [0.05, 0.1) is 35.4 Å². The molecule has 2 aromatic rings. The fourth-order valence-electron chi connectivity index (χ4n) is 2.17. The molecule has 2 amide bonds. The smallest absolute Gasteiger partial charge is 0.244 e. The van der Waals surface area contributed by atoms with Crippen molar-refractivity contribution in [3.05, 3.63) is 46.1 Å². The third-order valence-electron chi connectivity index (χ3n) is 3.78. The van der Waals surface area contributed by atoms with Crippen molar-refractivity contribution in [2.45, 2.75) is 26.4 Å². The number of nitrogens with one attached hydrogen (secondary N) is 2. The molecule has 27 heavy (non-hydrogen) atoms.